The van der Waals surface area contributed by atoms with Gasteiger partial charge in [-0.25, -0.2) is 4.79 Å². The number of aromatic carboxylic acids is 1. The second-order valence-electron chi connectivity index (χ2n) is 4.15. The van der Waals surface area contributed by atoms with Crippen LogP contribution in [0.25, 0.3) is 0 Å². The zero-order valence-corrected chi connectivity index (χ0v) is 10.2. The Bertz CT molecular complexity index is 419. The molecule has 2 atom stereocenters. The van der Waals surface area contributed by atoms with Gasteiger partial charge in [0.15, 0.2) is 0 Å². The predicted molar refractivity (Wildman–Crippen MR) is 66.4 cm³/mol. The molecular formula is C12H15NO2S. The highest BCUT2D eigenvalue weighted by Crippen LogP contribution is 2.35. The van der Waals surface area contributed by atoms with E-state index in [1.807, 2.05) is 24.5 Å². The van der Waals surface area contributed by atoms with Crippen LogP contribution >= 0.6 is 11.8 Å². The average molecular weight is 237 g/mol. The van der Waals surface area contributed by atoms with E-state index >= 15 is 0 Å². The third kappa shape index (κ3) is 2.16. The number of benzene rings is 1. The molecule has 2 rings (SSSR count). The summed E-state index contributed by atoms with van der Waals surface area (Å²) in [4.78, 5) is 12.0. The Hall–Kier alpha value is -1.16. The van der Waals surface area contributed by atoms with Crippen LogP contribution in [0, 0.1) is 5.92 Å². The Kier molecular flexibility index (Phi) is 3.10. The van der Waals surface area contributed by atoms with Crippen molar-refractivity contribution in [3.05, 3.63) is 23.8 Å². The summed E-state index contributed by atoms with van der Waals surface area (Å²) in [6.45, 7) is 2.16. The standard InChI is InChI=1S/C12H15NO2S/c1-7-6-9(7)13-8-4-3-5-10(16-2)11(8)12(14)15/h3-5,7,9,13H,6H2,1-2H3,(H,14,15). The van der Waals surface area contributed by atoms with Crippen LogP contribution in [0.4, 0.5) is 5.69 Å². The predicted octanol–water partition coefficient (Wildman–Crippen LogP) is 2.93. The summed E-state index contributed by atoms with van der Waals surface area (Å²) in [7, 11) is 0. The largest absolute Gasteiger partial charge is 0.478 e. The molecule has 2 N–H and O–H groups in total. The lowest BCUT2D eigenvalue weighted by Gasteiger charge is -2.11. The Labute approximate surface area is 99.2 Å². The lowest BCUT2D eigenvalue weighted by molar-refractivity contribution is 0.0694. The van der Waals surface area contributed by atoms with E-state index in [0.29, 0.717) is 17.5 Å². The van der Waals surface area contributed by atoms with Crippen LogP contribution in [0.2, 0.25) is 0 Å². The summed E-state index contributed by atoms with van der Waals surface area (Å²) in [6.07, 6.45) is 3.02. The maximum absolute atomic E-state index is 11.2. The van der Waals surface area contributed by atoms with Gasteiger partial charge in [-0.05, 0) is 30.7 Å². The minimum atomic E-state index is -0.860. The topological polar surface area (TPSA) is 49.3 Å². The van der Waals surface area contributed by atoms with Crippen molar-refractivity contribution in [3.8, 4) is 0 Å². The van der Waals surface area contributed by atoms with Gasteiger partial charge in [0.1, 0.15) is 0 Å². The zero-order chi connectivity index (χ0) is 11.7. The van der Waals surface area contributed by atoms with E-state index in [1.54, 1.807) is 0 Å². The van der Waals surface area contributed by atoms with Crippen molar-refractivity contribution in [3.63, 3.8) is 0 Å². The molecule has 0 spiro atoms. The van der Waals surface area contributed by atoms with E-state index in [1.165, 1.54) is 11.8 Å². The van der Waals surface area contributed by atoms with Gasteiger partial charge in [0.25, 0.3) is 0 Å². The third-order valence-electron chi connectivity index (χ3n) is 2.91. The average Bonchev–Trinajstić information content (AvgIpc) is 2.93. The highest BCUT2D eigenvalue weighted by atomic mass is 32.2. The number of thioether (sulfide) groups is 1. The fraction of sp³-hybridized carbons (Fsp3) is 0.417. The molecule has 0 aliphatic heterocycles. The molecule has 1 aromatic carbocycles. The summed E-state index contributed by atoms with van der Waals surface area (Å²) >= 11 is 1.47. The van der Waals surface area contributed by atoms with Gasteiger partial charge in [0, 0.05) is 10.9 Å². The van der Waals surface area contributed by atoms with E-state index in [-0.39, 0.29) is 0 Å². The van der Waals surface area contributed by atoms with E-state index in [4.69, 9.17) is 0 Å². The molecule has 3 nitrogen and oxygen atoms in total. The van der Waals surface area contributed by atoms with Crippen LogP contribution in [0.15, 0.2) is 23.1 Å². The highest BCUT2D eigenvalue weighted by Gasteiger charge is 2.33. The Morgan fingerprint density at radius 2 is 2.25 bits per heavy atom. The monoisotopic (exact) mass is 237 g/mol. The van der Waals surface area contributed by atoms with Crippen molar-refractivity contribution >= 4 is 23.4 Å². The Morgan fingerprint density at radius 1 is 1.56 bits per heavy atom. The molecule has 0 aromatic heterocycles. The summed E-state index contributed by atoms with van der Waals surface area (Å²) in [5.41, 5.74) is 1.14. The molecule has 1 fully saturated rings. The van der Waals surface area contributed by atoms with Gasteiger partial charge in [0.2, 0.25) is 0 Å². The van der Waals surface area contributed by atoms with E-state index in [0.717, 1.165) is 17.0 Å². The lowest BCUT2D eigenvalue weighted by atomic mass is 10.1. The van der Waals surface area contributed by atoms with Crippen LogP contribution < -0.4 is 5.32 Å². The summed E-state index contributed by atoms with van der Waals surface area (Å²) in [5, 5.41) is 12.5. The second-order valence-corrected chi connectivity index (χ2v) is 5.00. The van der Waals surface area contributed by atoms with Crippen molar-refractivity contribution in [2.45, 2.75) is 24.3 Å². The number of hydrogen-bond acceptors (Lipinski definition) is 3. The molecule has 0 saturated heterocycles. The van der Waals surface area contributed by atoms with Gasteiger partial charge >= 0.3 is 5.97 Å². The van der Waals surface area contributed by atoms with E-state index in [9.17, 15) is 9.90 Å². The molecule has 0 bridgehead atoms. The van der Waals surface area contributed by atoms with Gasteiger partial charge in [-0.3, -0.25) is 0 Å². The fourth-order valence-corrected chi connectivity index (χ4v) is 2.38. The molecule has 0 radical (unpaired) electrons. The Morgan fingerprint density at radius 3 is 2.75 bits per heavy atom. The van der Waals surface area contributed by atoms with E-state index in [2.05, 4.69) is 12.2 Å². The maximum Gasteiger partial charge on any atom is 0.338 e. The molecule has 2 unspecified atom stereocenters. The van der Waals surface area contributed by atoms with Crippen LogP contribution in [0.5, 0.6) is 0 Å². The number of carbonyl (C=O) groups is 1. The number of anilines is 1. The number of rotatable bonds is 4. The molecule has 0 amide bonds. The van der Waals surface area contributed by atoms with Crippen LogP contribution in [0.1, 0.15) is 23.7 Å². The zero-order valence-electron chi connectivity index (χ0n) is 9.36. The van der Waals surface area contributed by atoms with Crippen molar-refractivity contribution in [1.82, 2.24) is 0 Å². The fourth-order valence-electron chi connectivity index (χ4n) is 1.77. The van der Waals surface area contributed by atoms with Crippen LogP contribution in [-0.4, -0.2) is 23.4 Å². The first-order valence-corrected chi connectivity index (χ1v) is 6.52. The Balaban J connectivity index is 2.31. The summed E-state index contributed by atoms with van der Waals surface area (Å²) in [6, 6.07) is 6.02. The van der Waals surface area contributed by atoms with Gasteiger partial charge < -0.3 is 10.4 Å². The quantitative estimate of drug-likeness (QED) is 0.790. The smallest absolute Gasteiger partial charge is 0.338 e. The molecule has 4 heteroatoms. The minimum absolute atomic E-state index is 0.397. The van der Waals surface area contributed by atoms with Crippen molar-refractivity contribution < 1.29 is 9.90 Å². The second kappa shape index (κ2) is 4.37. The summed E-state index contributed by atoms with van der Waals surface area (Å²) < 4.78 is 0. The molecule has 1 aromatic rings. The number of nitrogens with one attached hydrogen (secondary N) is 1. The normalized spacial score (nSPS) is 22.9. The van der Waals surface area contributed by atoms with Crippen molar-refractivity contribution in [2.75, 3.05) is 11.6 Å². The molecule has 86 valence electrons. The van der Waals surface area contributed by atoms with Gasteiger partial charge in [0.05, 0.1) is 11.3 Å². The third-order valence-corrected chi connectivity index (χ3v) is 3.69. The van der Waals surface area contributed by atoms with E-state index < -0.39 is 5.97 Å². The van der Waals surface area contributed by atoms with Gasteiger partial charge in [-0.2, -0.15) is 0 Å². The number of carboxylic acid groups (broad SMARTS) is 1. The molecule has 1 aliphatic rings. The number of carboxylic acids is 1. The van der Waals surface area contributed by atoms with Crippen molar-refractivity contribution in [2.24, 2.45) is 5.92 Å². The van der Waals surface area contributed by atoms with Crippen molar-refractivity contribution in [1.29, 1.82) is 0 Å². The van der Waals surface area contributed by atoms with Crippen LogP contribution in [-0.2, 0) is 0 Å². The molecular weight excluding hydrogens is 222 g/mol. The van der Waals surface area contributed by atoms with Crippen LogP contribution in [0.3, 0.4) is 0 Å². The highest BCUT2D eigenvalue weighted by molar-refractivity contribution is 7.98. The first-order valence-electron chi connectivity index (χ1n) is 5.30. The SMILES string of the molecule is CSc1cccc(NC2CC2C)c1C(=O)O. The molecule has 0 heterocycles. The summed E-state index contributed by atoms with van der Waals surface area (Å²) in [5.74, 6) is -0.208. The lowest BCUT2D eigenvalue weighted by Crippen LogP contribution is -2.10. The first-order chi connectivity index (χ1) is 7.63. The molecule has 16 heavy (non-hydrogen) atoms. The molecule has 1 saturated carbocycles. The molecule has 1 aliphatic carbocycles. The minimum Gasteiger partial charge on any atom is -0.478 e. The van der Waals surface area contributed by atoms with Gasteiger partial charge in [-0.1, -0.05) is 13.0 Å². The van der Waals surface area contributed by atoms with Gasteiger partial charge in [-0.15, -0.1) is 11.8 Å². The number of hydrogen-bond donors (Lipinski definition) is 2. The first kappa shape index (κ1) is 11.3. The maximum atomic E-state index is 11.2.